The summed E-state index contributed by atoms with van der Waals surface area (Å²) in [5.74, 6) is 4.18. The van der Waals surface area contributed by atoms with E-state index in [4.69, 9.17) is 0 Å². The first-order valence-corrected chi connectivity index (χ1v) is 6.36. The first kappa shape index (κ1) is 15.2. The molecule has 0 spiro atoms. The largest absolute Gasteiger partial charge is 0.480 e. The van der Waals surface area contributed by atoms with Crippen molar-refractivity contribution in [3.8, 4) is 11.8 Å². The fourth-order valence-corrected chi connectivity index (χ4v) is 1.81. The van der Waals surface area contributed by atoms with E-state index >= 15 is 0 Å². The van der Waals surface area contributed by atoms with Crippen LogP contribution in [0.2, 0.25) is 0 Å². The minimum Gasteiger partial charge on any atom is -0.480 e. The highest BCUT2D eigenvalue weighted by Gasteiger charge is 2.34. The normalized spacial score (nSPS) is 12.6. The molecule has 2 rings (SSSR count). The Hall–Kier alpha value is -3.20. The Morgan fingerprint density at radius 3 is 2.68 bits per heavy atom. The summed E-state index contributed by atoms with van der Waals surface area (Å²) in [5.41, 5.74) is -1.06. The highest BCUT2D eigenvalue weighted by molar-refractivity contribution is 5.85. The van der Waals surface area contributed by atoms with Crippen molar-refractivity contribution in [3.63, 3.8) is 0 Å². The fourth-order valence-electron chi connectivity index (χ4n) is 1.81. The topological polar surface area (TPSA) is 93.3 Å². The summed E-state index contributed by atoms with van der Waals surface area (Å²) in [5, 5.41) is 20.3. The highest BCUT2D eigenvalue weighted by Crippen LogP contribution is 2.26. The molecule has 1 unspecified atom stereocenters. The smallest absolute Gasteiger partial charge is 0.326 e. The Bertz CT molecular complexity index is 777. The van der Waals surface area contributed by atoms with Crippen LogP contribution in [0.3, 0.4) is 0 Å². The van der Waals surface area contributed by atoms with E-state index in [1.54, 1.807) is 24.4 Å². The lowest BCUT2D eigenvalue weighted by Gasteiger charge is -2.18. The van der Waals surface area contributed by atoms with Gasteiger partial charge in [-0.2, -0.15) is 0 Å². The van der Waals surface area contributed by atoms with Crippen molar-refractivity contribution in [2.45, 2.75) is 12.3 Å². The van der Waals surface area contributed by atoms with Gasteiger partial charge in [0, 0.05) is 18.3 Å². The van der Waals surface area contributed by atoms with Crippen LogP contribution in [0.25, 0.3) is 0 Å². The summed E-state index contributed by atoms with van der Waals surface area (Å²) in [4.78, 5) is 25.9. The van der Waals surface area contributed by atoms with Crippen molar-refractivity contribution in [3.05, 3.63) is 70.0 Å². The van der Waals surface area contributed by atoms with Crippen molar-refractivity contribution in [1.82, 2.24) is 4.98 Å². The minimum absolute atomic E-state index is 0.176. The van der Waals surface area contributed by atoms with Crippen LogP contribution in [0.15, 0.2) is 48.7 Å². The standard InChI is InChI=1S/C16H12N2O4/c1-16(15(19)20,9-8-13-6-2-3-10-17-13)12-5-4-7-14(11-12)18(21)22/h2-7,10-11H,1H3,(H,19,20). The van der Waals surface area contributed by atoms with Crippen LogP contribution in [-0.4, -0.2) is 21.0 Å². The van der Waals surface area contributed by atoms with Gasteiger partial charge in [0.05, 0.1) is 4.92 Å². The van der Waals surface area contributed by atoms with E-state index in [-0.39, 0.29) is 11.3 Å². The highest BCUT2D eigenvalue weighted by atomic mass is 16.6. The maximum Gasteiger partial charge on any atom is 0.326 e. The lowest BCUT2D eigenvalue weighted by Crippen LogP contribution is -2.30. The zero-order valence-electron chi connectivity index (χ0n) is 11.7. The number of hydrogen-bond donors (Lipinski definition) is 1. The fraction of sp³-hybridized carbons (Fsp3) is 0.125. The zero-order chi connectivity index (χ0) is 16.2. The number of aliphatic carboxylic acids is 1. The van der Waals surface area contributed by atoms with Gasteiger partial charge in [-0.15, -0.1) is 0 Å². The molecule has 110 valence electrons. The van der Waals surface area contributed by atoms with Crippen LogP contribution < -0.4 is 0 Å². The molecule has 0 aliphatic heterocycles. The predicted octanol–water partition coefficient (Wildman–Crippen LogP) is 2.38. The minimum atomic E-state index is -1.57. The maximum atomic E-state index is 11.6. The molecule has 1 heterocycles. The summed E-state index contributed by atoms with van der Waals surface area (Å²) < 4.78 is 0. The summed E-state index contributed by atoms with van der Waals surface area (Å²) in [7, 11) is 0. The van der Waals surface area contributed by atoms with Gasteiger partial charge in [-0.25, -0.2) is 4.98 Å². The number of rotatable bonds is 3. The molecule has 0 saturated carbocycles. The molecule has 2 aromatic rings. The molecule has 1 aromatic heterocycles. The first-order chi connectivity index (χ1) is 10.4. The third kappa shape index (κ3) is 3.10. The van der Waals surface area contributed by atoms with Crippen LogP contribution in [0.1, 0.15) is 18.2 Å². The average Bonchev–Trinajstić information content (AvgIpc) is 2.53. The van der Waals surface area contributed by atoms with E-state index in [9.17, 15) is 20.0 Å². The zero-order valence-corrected chi connectivity index (χ0v) is 11.7. The third-order valence-corrected chi connectivity index (χ3v) is 3.17. The van der Waals surface area contributed by atoms with Crippen molar-refractivity contribution in [2.24, 2.45) is 0 Å². The molecular weight excluding hydrogens is 284 g/mol. The monoisotopic (exact) mass is 296 g/mol. The number of hydrogen-bond acceptors (Lipinski definition) is 4. The molecule has 0 amide bonds. The van der Waals surface area contributed by atoms with Crippen molar-refractivity contribution in [2.75, 3.05) is 0 Å². The molecule has 0 bridgehead atoms. The van der Waals surface area contributed by atoms with Gasteiger partial charge in [-0.05, 0) is 30.5 Å². The van der Waals surface area contributed by atoms with Gasteiger partial charge < -0.3 is 5.11 Å². The van der Waals surface area contributed by atoms with Crippen molar-refractivity contribution in [1.29, 1.82) is 0 Å². The molecule has 1 aromatic carbocycles. The van der Waals surface area contributed by atoms with Gasteiger partial charge in [0.25, 0.3) is 5.69 Å². The Morgan fingerprint density at radius 2 is 2.09 bits per heavy atom. The van der Waals surface area contributed by atoms with Gasteiger partial charge in [0.15, 0.2) is 5.41 Å². The Morgan fingerprint density at radius 1 is 1.32 bits per heavy atom. The molecule has 1 N–H and O–H groups in total. The Labute approximate surface area is 126 Å². The van der Waals surface area contributed by atoms with Gasteiger partial charge in [-0.3, -0.25) is 14.9 Å². The number of carboxylic acids is 1. The number of benzene rings is 1. The average molecular weight is 296 g/mol. The van der Waals surface area contributed by atoms with Crippen LogP contribution in [0.5, 0.6) is 0 Å². The SMILES string of the molecule is CC(C#Cc1ccccn1)(C(=O)O)c1cccc([N+](=O)[O-])c1. The van der Waals surface area contributed by atoms with Gasteiger partial charge in [-0.1, -0.05) is 24.1 Å². The second kappa shape index (κ2) is 6.06. The molecule has 0 radical (unpaired) electrons. The number of carboxylic acid groups (broad SMARTS) is 1. The molecular formula is C16H12N2O4. The molecule has 0 aliphatic carbocycles. The number of carbonyl (C=O) groups is 1. The summed E-state index contributed by atoms with van der Waals surface area (Å²) in [6, 6.07) is 10.6. The van der Waals surface area contributed by atoms with E-state index < -0.39 is 16.3 Å². The van der Waals surface area contributed by atoms with Gasteiger partial charge in [0.1, 0.15) is 5.69 Å². The van der Waals surface area contributed by atoms with E-state index in [2.05, 4.69) is 16.8 Å². The molecule has 6 heteroatoms. The van der Waals surface area contributed by atoms with Crippen LogP contribution in [0, 0.1) is 22.0 Å². The molecule has 0 fully saturated rings. The van der Waals surface area contributed by atoms with Crippen molar-refractivity contribution < 1.29 is 14.8 Å². The second-order valence-corrected chi connectivity index (χ2v) is 4.70. The molecule has 0 aliphatic rings. The first-order valence-electron chi connectivity index (χ1n) is 6.36. The van der Waals surface area contributed by atoms with E-state index in [1.807, 2.05) is 0 Å². The number of aromatic nitrogens is 1. The summed E-state index contributed by atoms with van der Waals surface area (Å²) >= 11 is 0. The Balaban J connectivity index is 2.50. The molecule has 22 heavy (non-hydrogen) atoms. The number of non-ortho nitro benzene ring substituents is 1. The van der Waals surface area contributed by atoms with Crippen molar-refractivity contribution >= 4 is 11.7 Å². The van der Waals surface area contributed by atoms with E-state index in [0.717, 1.165) is 0 Å². The quantitative estimate of drug-likeness (QED) is 0.533. The number of pyridine rings is 1. The molecule has 0 saturated heterocycles. The lowest BCUT2D eigenvalue weighted by molar-refractivity contribution is -0.384. The van der Waals surface area contributed by atoms with Crippen LogP contribution in [0.4, 0.5) is 5.69 Å². The summed E-state index contributed by atoms with van der Waals surface area (Å²) in [6.07, 6.45) is 1.55. The van der Waals surface area contributed by atoms with Crippen LogP contribution in [-0.2, 0) is 10.2 Å². The number of nitrogens with zero attached hydrogens (tertiary/aromatic N) is 2. The third-order valence-electron chi connectivity index (χ3n) is 3.17. The Kier molecular flexibility index (Phi) is 4.18. The van der Waals surface area contributed by atoms with E-state index in [0.29, 0.717) is 5.69 Å². The molecule has 1 atom stereocenters. The predicted molar refractivity (Wildman–Crippen MR) is 79.2 cm³/mol. The lowest BCUT2D eigenvalue weighted by atomic mass is 9.83. The maximum absolute atomic E-state index is 11.6. The van der Waals surface area contributed by atoms with E-state index in [1.165, 1.54) is 31.2 Å². The number of nitro groups is 1. The number of nitro benzene ring substituents is 1. The van der Waals surface area contributed by atoms with Gasteiger partial charge >= 0.3 is 5.97 Å². The second-order valence-electron chi connectivity index (χ2n) is 4.70. The molecule has 6 nitrogen and oxygen atoms in total. The van der Waals surface area contributed by atoms with Gasteiger partial charge in [0.2, 0.25) is 0 Å². The van der Waals surface area contributed by atoms with Crippen LogP contribution >= 0.6 is 0 Å². The summed E-state index contributed by atoms with van der Waals surface area (Å²) in [6.45, 7) is 1.41.